The highest BCUT2D eigenvalue weighted by Gasteiger charge is 2.17. The molecule has 0 aliphatic carbocycles. The van der Waals surface area contributed by atoms with Crippen LogP contribution in [0.4, 0.5) is 5.69 Å². The minimum absolute atomic E-state index is 0.230. The van der Waals surface area contributed by atoms with Crippen molar-refractivity contribution < 1.29 is 14.3 Å². The first-order chi connectivity index (χ1) is 18.0. The summed E-state index contributed by atoms with van der Waals surface area (Å²) in [4.78, 5) is 20.6. The molecule has 0 spiro atoms. The third kappa shape index (κ3) is 7.22. The molecule has 1 aliphatic heterocycles. The van der Waals surface area contributed by atoms with E-state index in [2.05, 4.69) is 32.2 Å². The average Bonchev–Trinajstić information content (AvgIpc) is 3.30. The molecule has 2 heterocycles. The number of nitrogens with one attached hydrogen (secondary N) is 2. The SMILES string of the molecule is CO/C(=C/C=C/c1cc2cc(Cl)c(Cl)cc2[nH]1)C(=O)NCCCN1CCN(c2ccc(OC)cc2)CC1. The van der Waals surface area contributed by atoms with Gasteiger partial charge in [0.1, 0.15) is 5.75 Å². The van der Waals surface area contributed by atoms with Crippen LogP contribution in [0.1, 0.15) is 12.1 Å². The van der Waals surface area contributed by atoms with Crippen molar-refractivity contribution in [3.8, 4) is 5.75 Å². The van der Waals surface area contributed by atoms with Crippen molar-refractivity contribution in [1.82, 2.24) is 15.2 Å². The molecule has 0 bridgehead atoms. The Kier molecular flexibility index (Phi) is 9.39. The van der Waals surface area contributed by atoms with Crippen molar-refractivity contribution in [3.63, 3.8) is 0 Å². The van der Waals surface area contributed by atoms with Crippen molar-refractivity contribution in [3.05, 3.63) is 76.1 Å². The van der Waals surface area contributed by atoms with Gasteiger partial charge in [-0.15, -0.1) is 0 Å². The zero-order valence-electron chi connectivity index (χ0n) is 21.1. The van der Waals surface area contributed by atoms with Crippen LogP contribution < -0.4 is 15.0 Å². The van der Waals surface area contributed by atoms with E-state index in [1.54, 1.807) is 25.3 Å². The van der Waals surface area contributed by atoms with Gasteiger partial charge in [-0.3, -0.25) is 9.69 Å². The monoisotopic (exact) mass is 542 g/mol. The van der Waals surface area contributed by atoms with Gasteiger partial charge in [0.05, 0.1) is 24.3 Å². The number of benzene rings is 2. The van der Waals surface area contributed by atoms with E-state index < -0.39 is 0 Å². The van der Waals surface area contributed by atoms with E-state index in [1.165, 1.54) is 12.8 Å². The maximum atomic E-state index is 12.5. The van der Waals surface area contributed by atoms with E-state index in [0.717, 1.165) is 61.5 Å². The van der Waals surface area contributed by atoms with Crippen LogP contribution in [0.25, 0.3) is 17.0 Å². The number of hydrogen-bond donors (Lipinski definition) is 2. The van der Waals surface area contributed by atoms with Crippen molar-refractivity contribution in [1.29, 1.82) is 0 Å². The molecule has 1 aromatic heterocycles. The topological polar surface area (TPSA) is 69.8 Å². The number of rotatable bonds is 10. The second-order valence-electron chi connectivity index (χ2n) is 8.81. The molecule has 0 atom stereocenters. The highest BCUT2D eigenvalue weighted by Crippen LogP contribution is 2.28. The molecule has 3 aromatic rings. The first kappa shape index (κ1) is 26.9. The lowest BCUT2D eigenvalue weighted by Crippen LogP contribution is -2.47. The second-order valence-corrected chi connectivity index (χ2v) is 9.62. The molecule has 7 nitrogen and oxygen atoms in total. The Bertz CT molecular complexity index is 1220. The highest BCUT2D eigenvalue weighted by molar-refractivity contribution is 6.42. The van der Waals surface area contributed by atoms with E-state index >= 15 is 0 Å². The van der Waals surface area contributed by atoms with Crippen LogP contribution in [0.3, 0.4) is 0 Å². The van der Waals surface area contributed by atoms with Crippen LogP contribution in [0, 0.1) is 0 Å². The molecule has 1 amide bonds. The number of piperazine rings is 1. The number of aromatic nitrogens is 1. The summed E-state index contributed by atoms with van der Waals surface area (Å²) in [5, 5.41) is 4.92. The molecule has 9 heteroatoms. The van der Waals surface area contributed by atoms with Crippen molar-refractivity contribution >= 4 is 51.8 Å². The quantitative estimate of drug-likeness (QED) is 0.156. The molecular weight excluding hydrogens is 511 g/mol. The summed E-state index contributed by atoms with van der Waals surface area (Å²) < 4.78 is 10.5. The van der Waals surface area contributed by atoms with Gasteiger partial charge in [-0.2, -0.15) is 0 Å². The van der Waals surface area contributed by atoms with Gasteiger partial charge in [-0.25, -0.2) is 0 Å². The standard InChI is InChI=1S/C28H32Cl2N4O3/c1-36-23-9-7-22(8-10-23)34-15-13-33(14-16-34)12-4-11-31-28(35)27(37-2)6-3-5-21-17-20-18-24(29)25(30)19-26(20)32-21/h3,5-10,17-19,32H,4,11-16H2,1-2H3,(H,31,35)/b5-3+,27-6+. The number of methoxy groups -OCH3 is 2. The molecule has 1 aliphatic rings. The number of carbonyl (C=O) groups is 1. The number of allylic oxidation sites excluding steroid dienone is 2. The van der Waals surface area contributed by atoms with E-state index in [-0.39, 0.29) is 11.7 Å². The predicted molar refractivity (Wildman–Crippen MR) is 152 cm³/mol. The zero-order valence-corrected chi connectivity index (χ0v) is 22.6. The number of anilines is 1. The predicted octanol–water partition coefficient (Wildman–Crippen LogP) is 5.36. The maximum Gasteiger partial charge on any atom is 0.286 e. The van der Waals surface area contributed by atoms with Crippen molar-refractivity contribution in [2.24, 2.45) is 0 Å². The lowest BCUT2D eigenvalue weighted by molar-refractivity contribution is -0.120. The lowest BCUT2D eigenvalue weighted by Gasteiger charge is -2.36. The van der Waals surface area contributed by atoms with E-state index in [1.807, 2.05) is 30.3 Å². The number of fused-ring (bicyclic) bond motifs is 1. The number of carbonyl (C=O) groups excluding carboxylic acids is 1. The summed E-state index contributed by atoms with van der Waals surface area (Å²) >= 11 is 12.2. The number of halogens is 2. The Hall–Kier alpha value is -3.13. The molecule has 1 fully saturated rings. The molecular formula is C28H32Cl2N4O3. The van der Waals surface area contributed by atoms with Gasteiger partial charge >= 0.3 is 0 Å². The number of amides is 1. The molecule has 0 radical (unpaired) electrons. The highest BCUT2D eigenvalue weighted by atomic mass is 35.5. The summed E-state index contributed by atoms with van der Waals surface area (Å²) in [7, 11) is 3.18. The van der Waals surface area contributed by atoms with Crippen LogP contribution >= 0.6 is 23.2 Å². The largest absolute Gasteiger partial charge is 0.497 e. The van der Waals surface area contributed by atoms with Gasteiger partial charge in [0.2, 0.25) is 0 Å². The summed E-state index contributed by atoms with van der Waals surface area (Å²) in [5.74, 6) is 0.899. The molecule has 2 aromatic carbocycles. The smallest absolute Gasteiger partial charge is 0.286 e. The fraction of sp³-hybridized carbons (Fsp3) is 0.321. The van der Waals surface area contributed by atoms with E-state index in [4.69, 9.17) is 32.7 Å². The fourth-order valence-corrected chi connectivity index (χ4v) is 4.66. The Morgan fingerprint density at radius 3 is 2.49 bits per heavy atom. The molecule has 0 unspecified atom stereocenters. The number of aromatic amines is 1. The summed E-state index contributed by atoms with van der Waals surface area (Å²) in [6, 6.07) is 13.8. The Balaban J connectivity index is 1.19. The molecule has 4 rings (SSSR count). The molecule has 196 valence electrons. The van der Waals surface area contributed by atoms with Crippen molar-refractivity contribution in [2.45, 2.75) is 6.42 Å². The van der Waals surface area contributed by atoms with Crippen LogP contribution in [0.5, 0.6) is 5.75 Å². The average molecular weight is 543 g/mol. The van der Waals surface area contributed by atoms with Gasteiger partial charge in [-0.05, 0) is 67.6 Å². The molecule has 1 saturated heterocycles. The fourth-order valence-electron chi connectivity index (χ4n) is 4.33. The van der Waals surface area contributed by atoms with Gasteiger partial charge in [0, 0.05) is 55.0 Å². The normalized spacial score (nSPS) is 14.9. The Morgan fingerprint density at radius 1 is 1.05 bits per heavy atom. The number of ether oxygens (including phenoxy) is 2. The van der Waals surface area contributed by atoms with E-state index in [9.17, 15) is 4.79 Å². The third-order valence-electron chi connectivity index (χ3n) is 6.40. The zero-order chi connectivity index (χ0) is 26.2. The number of nitrogens with zero attached hydrogens (tertiary/aromatic N) is 2. The van der Waals surface area contributed by atoms with Crippen molar-refractivity contribution in [2.75, 3.05) is 58.4 Å². The number of hydrogen-bond acceptors (Lipinski definition) is 5. The van der Waals surface area contributed by atoms with Crippen LogP contribution in [-0.4, -0.2) is 69.3 Å². The van der Waals surface area contributed by atoms with Crippen LogP contribution in [0.2, 0.25) is 10.0 Å². The molecule has 2 N–H and O–H groups in total. The lowest BCUT2D eigenvalue weighted by atomic mass is 10.2. The summed E-state index contributed by atoms with van der Waals surface area (Å²) in [6.45, 7) is 5.50. The van der Waals surface area contributed by atoms with Gasteiger partial charge < -0.3 is 24.7 Å². The molecule has 0 saturated carbocycles. The molecule has 37 heavy (non-hydrogen) atoms. The Labute approximate surface area is 227 Å². The first-order valence-corrected chi connectivity index (χ1v) is 13.0. The van der Waals surface area contributed by atoms with Crippen LogP contribution in [-0.2, 0) is 9.53 Å². The summed E-state index contributed by atoms with van der Waals surface area (Å²) in [5.41, 5.74) is 2.98. The maximum absolute atomic E-state index is 12.5. The summed E-state index contributed by atoms with van der Waals surface area (Å²) in [6.07, 6.45) is 6.16. The first-order valence-electron chi connectivity index (χ1n) is 12.3. The van der Waals surface area contributed by atoms with Crippen LogP contribution in [0.15, 0.2) is 60.4 Å². The van der Waals surface area contributed by atoms with Gasteiger partial charge in [-0.1, -0.05) is 29.3 Å². The minimum Gasteiger partial charge on any atom is -0.497 e. The Morgan fingerprint density at radius 2 is 1.78 bits per heavy atom. The van der Waals surface area contributed by atoms with E-state index in [0.29, 0.717) is 16.6 Å². The minimum atomic E-state index is -0.230. The van der Waals surface area contributed by atoms with Gasteiger partial charge in [0.15, 0.2) is 5.76 Å². The second kappa shape index (κ2) is 12.9. The number of H-pyrrole nitrogens is 1. The third-order valence-corrected chi connectivity index (χ3v) is 7.12. The van der Waals surface area contributed by atoms with Gasteiger partial charge in [0.25, 0.3) is 5.91 Å².